The fraction of sp³-hybridized carbons (Fsp3) is 0.0588. The molecule has 6 nitrogen and oxygen atoms in total. The second kappa shape index (κ2) is 7.04. The topological polar surface area (TPSA) is 79.4 Å². The summed E-state index contributed by atoms with van der Waals surface area (Å²) in [6.07, 6.45) is 2.07. The fourth-order valence-corrected chi connectivity index (χ4v) is 3.69. The van der Waals surface area contributed by atoms with Gasteiger partial charge in [-0.1, -0.05) is 36.4 Å². The van der Waals surface area contributed by atoms with Crippen LogP contribution in [0.15, 0.2) is 58.8 Å². The number of hydrogen-bond donors (Lipinski definition) is 2. The third-order valence-corrected chi connectivity index (χ3v) is 5.19. The summed E-state index contributed by atoms with van der Waals surface area (Å²) in [5.74, 6) is 0.584. The summed E-state index contributed by atoms with van der Waals surface area (Å²) in [6.45, 7) is 0. The molecule has 0 radical (unpaired) electrons. The first-order chi connectivity index (χ1) is 12.3. The highest BCUT2D eigenvalue weighted by Crippen LogP contribution is 2.31. The standard InChI is InChI=1S/C17H14N6S2/c1-24-15-5-3-2-4-13(15)18-17-19-14(10-25-17)11-6-8-12(9-7-11)16-20-22-23-21-16/h2-10H,1H3,(H,18,19)(H,20,21,22,23). The van der Waals surface area contributed by atoms with Gasteiger partial charge in [0.05, 0.1) is 11.4 Å². The van der Waals surface area contributed by atoms with Gasteiger partial charge < -0.3 is 5.32 Å². The second-order valence-corrected chi connectivity index (χ2v) is 6.88. The molecular formula is C17H14N6S2. The molecule has 25 heavy (non-hydrogen) atoms. The first kappa shape index (κ1) is 15.8. The zero-order valence-electron chi connectivity index (χ0n) is 13.3. The smallest absolute Gasteiger partial charge is 0.204 e. The molecule has 0 aliphatic rings. The second-order valence-electron chi connectivity index (χ2n) is 5.18. The number of aromatic nitrogens is 5. The van der Waals surface area contributed by atoms with Gasteiger partial charge in [0, 0.05) is 21.4 Å². The van der Waals surface area contributed by atoms with Gasteiger partial charge in [0.2, 0.25) is 5.82 Å². The van der Waals surface area contributed by atoms with Crippen LogP contribution in [0.5, 0.6) is 0 Å². The van der Waals surface area contributed by atoms with E-state index in [-0.39, 0.29) is 0 Å². The summed E-state index contributed by atoms with van der Waals surface area (Å²) in [5.41, 5.74) is 3.98. The lowest BCUT2D eigenvalue weighted by Crippen LogP contribution is -1.91. The van der Waals surface area contributed by atoms with Crippen LogP contribution in [-0.4, -0.2) is 31.9 Å². The number of benzene rings is 2. The molecule has 2 N–H and O–H groups in total. The third kappa shape index (κ3) is 3.40. The highest BCUT2D eigenvalue weighted by Gasteiger charge is 2.08. The van der Waals surface area contributed by atoms with E-state index in [1.54, 1.807) is 23.1 Å². The van der Waals surface area contributed by atoms with Crippen molar-refractivity contribution >= 4 is 33.9 Å². The van der Waals surface area contributed by atoms with Crippen molar-refractivity contribution in [1.82, 2.24) is 25.6 Å². The van der Waals surface area contributed by atoms with Gasteiger partial charge in [-0.3, -0.25) is 0 Å². The van der Waals surface area contributed by atoms with Crippen molar-refractivity contribution in [3.05, 3.63) is 53.9 Å². The van der Waals surface area contributed by atoms with Gasteiger partial charge in [0.1, 0.15) is 0 Å². The first-order valence-electron chi connectivity index (χ1n) is 7.53. The van der Waals surface area contributed by atoms with Crippen molar-refractivity contribution in [2.24, 2.45) is 0 Å². The van der Waals surface area contributed by atoms with Crippen LogP contribution in [0.2, 0.25) is 0 Å². The lowest BCUT2D eigenvalue weighted by Gasteiger charge is -2.07. The van der Waals surface area contributed by atoms with Gasteiger partial charge in [-0.2, -0.15) is 5.21 Å². The van der Waals surface area contributed by atoms with Crippen LogP contribution < -0.4 is 5.32 Å². The Morgan fingerprint density at radius 2 is 1.84 bits per heavy atom. The van der Waals surface area contributed by atoms with Crippen molar-refractivity contribution in [2.45, 2.75) is 4.90 Å². The molecule has 124 valence electrons. The summed E-state index contributed by atoms with van der Waals surface area (Å²) >= 11 is 3.30. The molecule has 4 aromatic rings. The average molecular weight is 366 g/mol. The molecule has 0 bridgehead atoms. The largest absolute Gasteiger partial charge is 0.331 e. The van der Waals surface area contributed by atoms with Crippen LogP contribution >= 0.6 is 23.1 Å². The van der Waals surface area contributed by atoms with E-state index in [0.29, 0.717) is 5.82 Å². The molecule has 8 heteroatoms. The molecule has 2 aromatic heterocycles. The average Bonchev–Trinajstić information content (AvgIpc) is 3.34. The maximum Gasteiger partial charge on any atom is 0.204 e. The van der Waals surface area contributed by atoms with Crippen molar-refractivity contribution < 1.29 is 0 Å². The number of nitrogens with zero attached hydrogens (tertiary/aromatic N) is 4. The van der Waals surface area contributed by atoms with Crippen LogP contribution in [0.3, 0.4) is 0 Å². The van der Waals surface area contributed by atoms with Crippen LogP contribution in [0.1, 0.15) is 0 Å². The molecule has 0 atom stereocenters. The third-order valence-electron chi connectivity index (χ3n) is 3.64. The Balaban J connectivity index is 1.55. The quantitative estimate of drug-likeness (QED) is 0.508. The van der Waals surface area contributed by atoms with Gasteiger partial charge in [-0.25, -0.2) is 4.98 Å². The Hall–Kier alpha value is -2.71. The number of nitrogens with one attached hydrogen (secondary N) is 2. The number of hydrogen-bond acceptors (Lipinski definition) is 7. The molecule has 4 rings (SSSR count). The number of thioether (sulfide) groups is 1. The lowest BCUT2D eigenvalue weighted by atomic mass is 10.1. The molecule has 2 aromatic carbocycles. The molecule has 0 unspecified atom stereocenters. The number of aromatic amines is 1. The predicted octanol–water partition coefficient (Wildman–Crippen LogP) is 4.46. The summed E-state index contributed by atoms with van der Waals surface area (Å²) < 4.78 is 0. The lowest BCUT2D eigenvalue weighted by molar-refractivity contribution is 0.881. The fourth-order valence-electron chi connectivity index (χ4n) is 2.40. The normalized spacial score (nSPS) is 10.8. The monoisotopic (exact) mass is 366 g/mol. The minimum absolute atomic E-state index is 0.584. The highest BCUT2D eigenvalue weighted by molar-refractivity contribution is 7.98. The maximum absolute atomic E-state index is 4.69. The van der Waals surface area contributed by atoms with Crippen LogP contribution in [0.25, 0.3) is 22.6 Å². The van der Waals surface area contributed by atoms with E-state index in [4.69, 9.17) is 4.98 Å². The molecule has 0 aliphatic heterocycles. The first-order valence-corrected chi connectivity index (χ1v) is 9.64. The summed E-state index contributed by atoms with van der Waals surface area (Å²) in [6, 6.07) is 16.2. The highest BCUT2D eigenvalue weighted by atomic mass is 32.2. The van der Waals surface area contributed by atoms with E-state index in [9.17, 15) is 0 Å². The Labute approximate surface area is 152 Å². The van der Waals surface area contributed by atoms with Gasteiger partial charge in [-0.15, -0.1) is 33.3 Å². The zero-order chi connectivity index (χ0) is 17.1. The predicted molar refractivity (Wildman–Crippen MR) is 102 cm³/mol. The number of thiazole rings is 1. The van der Waals surface area contributed by atoms with Crippen molar-refractivity contribution in [3.8, 4) is 22.6 Å². The van der Waals surface area contributed by atoms with E-state index in [2.05, 4.69) is 44.3 Å². The number of anilines is 2. The van der Waals surface area contributed by atoms with Crippen molar-refractivity contribution in [2.75, 3.05) is 11.6 Å². The molecule has 0 amide bonds. The minimum Gasteiger partial charge on any atom is -0.331 e. The Bertz CT molecular complexity index is 963. The van der Waals surface area contributed by atoms with Crippen LogP contribution in [0.4, 0.5) is 10.8 Å². The molecule has 2 heterocycles. The summed E-state index contributed by atoms with van der Waals surface area (Å²) in [4.78, 5) is 5.89. The summed E-state index contributed by atoms with van der Waals surface area (Å²) in [5, 5.41) is 20.3. The van der Waals surface area contributed by atoms with E-state index in [1.165, 1.54) is 4.90 Å². The van der Waals surface area contributed by atoms with Gasteiger partial charge in [-0.05, 0) is 23.6 Å². The van der Waals surface area contributed by atoms with E-state index in [0.717, 1.165) is 27.6 Å². The number of rotatable bonds is 5. The minimum atomic E-state index is 0.584. The van der Waals surface area contributed by atoms with E-state index in [1.807, 2.05) is 41.8 Å². The van der Waals surface area contributed by atoms with Gasteiger partial charge in [0.15, 0.2) is 5.13 Å². The van der Waals surface area contributed by atoms with Crippen molar-refractivity contribution in [3.63, 3.8) is 0 Å². The number of H-pyrrole nitrogens is 1. The molecule has 0 saturated heterocycles. The van der Waals surface area contributed by atoms with Gasteiger partial charge in [0.25, 0.3) is 0 Å². The van der Waals surface area contributed by atoms with Crippen LogP contribution in [0, 0.1) is 0 Å². The van der Waals surface area contributed by atoms with E-state index >= 15 is 0 Å². The number of para-hydroxylation sites is 1. The SMILES string of the molecule is CSc1ccccc1Nc1nc(-c2ccc(-c3nn[nH]n3)cc2)cs1. The molecule has 0 aliphatic carbocycles. The summed E-state index contributed by atoms with van der Waals surface area (Å²) in [7, 11) is 0. The Morgan fingerprint density at radius 1 is 1.04 bits per heavy atom. The van der Waals surface area contributed by atoms with E-state index < -0.39 is 0 Å². The molecule has 0 fully saturated rings. The number of tetrazole rings is 1. The van der Waals surface area contributed by atoms with Crippen LogP contribution in [-0.2, 0) is 0 Å². The molecular weight excluding hydrogens is 352 g/mol. The zero-order valence-corrected chi connectivity index (χ0v) is 14.9. The van der Waals surface area contributed by atoms with Crippen molar-refractivity contribution in [1.29, 1.82) is 0 Å². The molecule has 0 spiro atoms. The Morgan fingerprint density at radius 3 is 2.60 bits per heavy atom. The van der Waals surface area contributed by atoms with Gasteiger partial charge >= 0.3 is 0 Å². The molecule has 0 saturated carbocycles. The maximum atomic E-state index is 4.69. The Kier molecular flexibility index (Phi) is 4.45.